The quantitative estimate of drug-likeness (QED) is 0.153. The van der Waals surface area contributed by atoms with Gasteiger partial charge in [-0.15, -0.1) is 0 Å². The summed E-state index contributed by atoms with van der Waals surface area (Å²) in [6.07, 6.45) is 4.31. The molecule has 6 aromatic carbocycles. The Morgan fingerprint density at radius 3 is 1.96 bits per heavy atom. The standard InChI is InChI=1S/C46H35N3/c1-4-28(29-21-22-38-35(25-29)31-14-7-10-18-37(31)46(38,2)3)26-44(47)49-40-20-12-9-17-34(40)45-36-27-43-33-16-6-5-13-30(33)32-15-8-11-19-39(32)48(43)41(36)23-24-42(45)49/h4-27H,47H2,1-3H3/b28-4+,44-26+. The molecule has 0 saturated carbocycles. The van der Waals surface area contributed by atoms with E-state index in [0.717, 1.165) is 22.2 Å². The minimum absolute atomic E-state index is 0.0216. The van der Waals surface area contributed by atoms with Crippen molar-refractivity contribution in [2.75, 3.05) is 0 Å². The van der Waals surface area contributed by atoms with Gasteiger partial charge in [-0.05, 0) is 88.2 Å². The van der Waals surface area contributed by atoms with Crippen molar-refractivity contribution >= 4 is 71.3 Å². The zero-order chi connectivity index (χ0) is 33.0. The number of para-hydroxylation sites is 2. The first-order valence-electron chi connectivity index (χ1n) is 17.1. The molecule has 0 saturated heterocycles. The summed E-state index contributed by atoms with van der Waals surface area (Å²) >= 11 is 0. The predicted molar refractivity (Wildman–Crippen MR) is 209 cm³/mol. The molecule has 3 heteroatoms. The maximum absolute atomic E-state index is 7.16. The second-order valence-corrected chi connectivity index (χ2v) is 13.9. The number of benzene rings is 6. The average Bonchev–Trinajstić information content (AvgIpc) is 3.77. The smallest absolute Gasteiger partial charge is 0.108 e. The number of nitrogens with zero attached hydrogens (tertiary/aromatic N) is 2. The zero-order valence-electron chi connectivity index (χ0n) is 27.8. The van der Waals surface area contributed by atoms with E-state index in [-0.39, 0.29) is 5.41 Å². The molecule has 3 aromatic heterocycles. The Bertz CT molecular complexity index is 2930. The molecule has 2 N–H and O–H groups in total. The lowest BCUT2D eigenvalue weighted by atomic mass is 9.82. The fourth-order valence-electron chi connectivity index (χ4n) is 8.78. The topological polar surface area (TPSA) is 35.4 Å². The first-order valence-corrected chi connectivity index (χ1v) is 17.1. The first-order chi connectivity index (χ1) is 24.0. The molecule has 234 valence electrons. The molecule has 1 aliphatic carbocycles. The molecule has 0 fully saturated rings. The van der Waals surface area contributed by atoms with Gasteiger partial charge in [-0.1, -0.05) is 117 Å². The van der Waals surface area contributed by atoms with Crippen molar-refractivity contribution in [2.45, 2.75) is 26.2 Å². The Morgan fingerprint density at radius 1 is 0.551 bits per heavy atom. The van der Waals surface area contributed by atoms with E-state index in [1.165, 1.54) is 71.1 Å². The lowest BCUT2D eigenvalue weighted by Crippen LogP contribution is -2.14. The molecule has 0 spiro atoms. The maximum Gasteiger partial charge on any atom is 0.108 e. The fraction of sp³-hybridized carbons (Fsp3) is 0.0870. The molecular weight excluding hydrogens is 595 g/mol. The van der Waals surface area contributed by atoms with E-state index in [1.54, 1.807) is 0 Å². The van der Waals surface area contributed by atoms with Crippen LogP contribution in [0.2, 0.25) is 0 Å². The predicted octanol–water partition coefficient (Wildman–Crippen LogP) is 11.7. The highest BCUT2D eigenvalue weighted by Crippen LogP contribution is 2.49. The van der Waals surface area contributed by atoms with Crippen LogP contribution in [0.3, 0.4) is 0 Å². The monoisotopic (exact) mass is 629 g/mol. The highest BCUT2D eigenvalue weighted by atomic mass is 15.1. The summed E-state index contributed by atoms with van der Waals surface area (Å²) in [4.78, 5) is 0. The zero-order valence-corrected chi connectivity index (χ0v) is 27.8. The summed E-state index contributed by atoms with van der Waals surface area (Å²) in [5, 5.41) is 7.44. The van der Waals surface area contributed by atoms with E-state index < -0.39 is 0 Å². The van der Waals surface area contributed by atoms with Crippen LogP contribution in [0.1, 0.15) is 37.5 Å². The first kappa shape index (κ1) is 28.0. The molecule has 0 radical (unpaired) electrons. The van der Waals surface area contributed by atoms with Crippen LogP contribution in [0.4, 0.5) is 0 Å². The molecule has 49 heavy (non-hydrogen) atoms. The molecule has 0 atom stereocenters. The van der Waals surface area contributed by atoms with Crippen LogP contribution in [0.5, 0.6) is 0 Å². The molecule has 3 heterocycles. The number of hydrogen-bond donors (Lipinski definition) is 1. The molecular formula is C46H35N3. The van der Waals surface area contributed by atoms with E-state index in [1.807, 2.05) is 0 Å². The van der Waals surface area contributed by atoms with Gasteiger partial charge in [-0.25, -0.2) is 0 Å². The van der Waals surface area contributed by atoms with Crippen molar-refractivity contribution in [2.24, 2.45) is 5.73 Å². The molecule has 3 nitrogen and oxygen atoms in total. The molecule has 1 aliphatic rings. The lowest BCUT2D eigenvalue weighted by molar-refractivity contribution is 0.660. The van der Waals surface area contributed by atoms with Crippen LogP contribution in [0, 0.1) is 0 Å². The second kappa shape index (κ2) is 9.98. The molecule has 10 rings (SSSR count). The van der Waals surface area contributed by atoms with E-state index in [4.69, 9.17) is 5.73 Å². The minimum atomic E-state index is -0.0216. The van der Waals surface area contributed by atoms with Gasteiger partial charge in [0.1, 0.15) is 5.82 Å². The summed E-state index contributed by atoms with van der Waals surface area (Å²) in [6.45, 7) is 6.75. The number of nitrogens with two attached hydrogens (primary N) is 1. The summed E-state index contributed by atoms with van der Waals surface area (Å²) in [5.74, 6) is 0.694. The minimum Gasteiger partial charge on any atom is -0.385 e. The van der Waals surface area contributed by atoms with Crippen LogP contribution in [-0.2, 0) is 5.41 Å². The summed E-state index contributed by atoms with van der Waals surface area (Å²) < 4.78 is 4.67. The molecule has 0 aliphatic heterocycles. The van der Waals surface area contributed by atoms with Crippen LogP contribution in [0.15, 0.2) is 146 Å². The Morgan fingerprint density at radius 2 is 1.16 bits per heavy atom. The fourth-order valence-corrected chi connectivity index (χ4v) is 8.78. The summed E-state index contributed by atoms with van der Waals surface area (Å²) in [5.41, 5.74) is 20.6. The molecule has 0 bridgehead atoms. The van der Waals surface area contributed by atoms with Crippen LogP contribution in [-0.4, -0.2) is 8.97 Å². The van der Waals surface area contributed by atoms with Gasteiger partial charge in [0, 0.05) is 32.3 Å². The third-order valence-corrected chi connectivity index (χ3v) is 11.0. The van der Waals surface area contributed by atoms with Gasteiger partial charge < -0.3 is 10.1 Å². The van der Waals surface area contributed by atoms with Gasteiger partial charge >= 0.3 is 0 Å². The van der Waals surface area contributed by atoms with Crippen LogP contribution in [0.25, 0.3) is 82.4 Å². The van der Waals surface area contributed by atoms with Crippen LogP contribution >= 0.6 is 0 Å². The molecule has 9 aromatic rings. The number of allylic oxidation sites excluding steroid dienone is 3. The van der Waals surface area contributed by atoms with Gasteiger partial charge in [0.25, 0.3) is 0 Å². The highest BCUT2D eigenvalue weighted by Gasteiger charge is 2.35. The van der Waals surface area contributed by atoms with Gasteiger partial charge in [0.15, 0.2) is 0 Å². The van der Waals surface area contributed by atoms with E-state index in [9.17, 15) is 0 Å². The average molecular weight is 630 g/mol. The van der Waals surface area contributed by atoms with Crippen molar-refractivity contribution in [3.8, 4) is 11.1 Å². The normalized spacial score (nSPS) is 14.5. The third kappa shape index (κ3) is 3.73. The summed E-state index contributed by atoms with van der Waals surface area (Å²) in [7, 11) is 0. The second-order valence-electron chi connectivity index (χ2n) is 13.9. The Balaban J connectivity index is 1.20. The van der Waals surface area contributed by atoms with Crippen molar-refractivity contribution < 1.29 is 0 Å². The summed E-state index contributed by atoms with van der Waals surface area (Å²) in [6, 6.07) is 48.8. The lowest BCUT2D eigenvalue weighted by Gasteiger charge is -2.21. The van der Waals surface area contributed by atoms with Gasteiger partial charge in [-0.2, -0.15) is 0 Å². The highest BCUT2D eigenvalue weighted by molar-refractivity contribution is 6.25. The van der Waals surface area contributed by atoms with Crippen molar-refractivity contribution in [1.82, 2.24) is 8.97 Å². The Hall–Kier alpha value is -6.06. The number of aromatic nitrogens is 2. The largest absolute Gasteiger partial charge is 0.385 e. The molecule has 0 amide bonds. The van der Waals surface area contributed by atoms with Gasteiger partial charge in [-0.3, -0.25) is 4.57 Å². The SMILES string of the molecule is C/C=C(\C=C(/N)n1c2ccccc2c2c3cc4c5ccccc5c5ccccc5n4c3ccc21)c1ccc2c(c1)-c1ccccc1C2(C)C. The number of fused-ring (bicyclic) bond motifs is 15. The van der Waals surface area contributed by atoms with E-state index in [2.05, 4.69) is 175 Å². The van der Waals surface area contributed by atoms with Crippen molar-refractivity contribution in [1.29, 1.82) is 0 Å². The Kier molecular flexibility index (Phi) is 5.70. The Labute approximate surface area is 284 Å². The number of pyridine rings is 1. The van der Waals surface area contributed by atoms with Gasteiger partial charge in [0.05, 0.1) is 27.6 Å². The van der Waals surface area contributed by atoms with E-state index >= 15 is 0 Å². The third-order valence-electron chi connectivity index (χ3n) is 11.0. The number of rotatable bonds is 3. The van der Waals surface area contributed by atoms with Crippen molar-refractivity contribution in [3.05, 3.63) is 162 Å². The van der Waals surface area contributed by atoms with Crippen molar-refractivity contribution in [3.63, 3.8) is 0 Å². The molecule has 0 unspecified atom stereocenters. The van der Waals surface area contributed by atoms with Gasteiger partial charge in [0.2, 0.25) is 0 Å². The number of hydrogen-bond acceptors (Lipinski definition) is 1. The van der Waals surface area contributed by atoms with Crippen LogP contribution < -0.4 is 5.73 Å². The maximum atomic E-state index is 7.16. The van der Waals surface area contributed by atoms with E-state index in [0.29, 0.717) is 5.82 Å².